The minimum atomic E-state index is -3.40. The van der Waals surface area contributed by atoms with E-state index in [1.54, 1.807) is 24.3 Å². The summed E-state index contributed by atoms with van der Waals surface area (Å²) in [4.78, 5) is 0.280. The van der Waals surface area contributed by atoms with Gasteiger partial charge in [0.05, 0.1) is 4.90 Å². The van der Waals surface area contributed by atoms with E-state index in [4.69, 9.17) is 11.6 Å². The fraction of sp³-hybridized carbons (Fsp3) is 0.500. The van der Waals surface area contributed by atoms with Gasteiger partial charge in [0, 0.05) is 16.9 Å². The van der Waals surface area contributed by atoms with Crippen molar-refractivity contribution in [3.63, 3.8) is 0 Å². The maximum atomic E-state index is 11.9. The zero-order chi connectivity index (χ0) is 13.6. The zero-order valence-corrected chi connectivity index (χ0v) is 13.4. The molecule has 0 bridgehead atoms. The molecule has 0 saturated heterocycles. The van der Waals surface area contributed by atoms with Gasteiger partial charge in [-0.25, -0.2) is 13.1 Å². The van der Waals surface area contributed by atoms with Gasteiger partial charge in [0.1, 0.15) is 0 Å². The zero-order valence-electron chi connectivity index (χ0n) is 10.2. The normalized spacial score (nSPS) is 13.5. The molecule has 3 nitrogen and oxygen atoms in total. The molecule has 0 fully saturated rings. The van der Waals surface area contributed by atoms with Crippen molar-refractivity contribution >= 4 is 37.6 Å². The third kappa shape index (κ3) is 5.26. The molecule has 0 spiro atoms. The second-order valence-electron chi connectivity index (χ2n) is 4.26. The van der Waals surface area contributed by atoms with E-state index in [1.807, 2.05) is 0 Å². The van der Waals surface area contributed by atoms with Gasteiger partial charge in [0.15, 0.2) is 0 Å². The van der Waals surface area contributed by atoms with Crippen LogP contribution in [0, 0.1) is 5.92 Å². The van der Waals surface area contributed by atoms with Crippen LogP contribution in [0.3, 0.4) is 0 Å². The van der Waals surface area contributed by atoms with E-state index >= 15 is 0 Å². The van der Waals surface area contributed by atoms with Gasteiger partial charge in [-0.2, -0.15) is 0 Å². The highest BCUT2D eigenvalue weighted by atomic mass is 79.9. The Labute approximate surface area is 122 Å². The maximum absolute atomic E-state index is 11.9. The molecular formula is C12H17BrClNO2S. The topological polar surface area (TPSA) is 46.2 Å². The number of hydrogen-bond acceptors (Lipinski definition) is 2. The standard InChI is InChI=1S/C12H17BrClNO2S/c1-10(9-14)4-3-7-15-18(16,17)12-6-2-5-11(13)8-12/h2,5-6,8,10,15H,3-4,7,9H2,1H3. The largest absolute Gasteiger partial charge is 0.240 e. The molecule has 1 aromatic rings. The fourth-order valence-electron chi connectivity index (χ4n) is 1.45. The molecule has 0 radical (unpaired) electrons. The lowest BCUT2D eigenvalue weighted by molar-refractivity contribution is 0.543. The molecule has 1 aromatic carbocycles. The van der Waals surface area contributed by atoms with Crippen molar-refractivity contribution in [1.82, 2.24) is 4.72 Å². The molecule has 1 atom stereocenters. The van der Waals surface area contributed by atoms with Crippen molar-refractivity contribution in [2.45, 2.75) is 24.7 Å². The van der Waals surface area contributed by atoms with Gasteiger partial charge in [0.25, 0.3) is 0 Å². The Kier molecular flexibility index (Phi) is 6.63. The van der Waals surface area contributed by atoms with Crippen LogP contribution in [0.5, 0.6) is 0 Å². The van der Waals surface area contributed by atoms with E-state index in [9.17, 15) is 8.42 Å². The van der Waals surface area contributed by atoms with Crippen molar-refractivity contribution in [2.75, 3.05) is 12.4 Å². The lowest BCUT2D eigenvalue weighted by Crippen LogP contribution is -2.25. The van der Waals surface area contributed by atoms with Gasteiger partial charge in [-0.15, -0.1) is 11.6 Å². The van der Waals surface area contributed by atoms with E-state index in [1.165, 1.54) is 0 Å². The molecule has 0 aliphatic rings. The molecule has 0 heterocycles. The van der Waals surface area contributed by atoms with Crippen LogP contribution in [0.2, 0.25) is 0 Å². The van der Waals surface area contributed by atoms with E-state index in [2.05, 4.69) is 27.6 Å². The van der Waals surface area contributed by atoms with Gasteiger partial charge in [-0.3, -0.25) is 0 Å². The molecule has 1 unspecified atom stereocenters. The predicted molar refractivity (Wildman–Crippen MR) is 78.4 cm³/mol. The van der Waals surface area contributed by atoms with Crippen LogP contribution in [-0.4, -0.2) is 20.8 Å². The minimum Gasteiger partial charge on any atom is -0.211 e. The van der Waals surface area contributed by atoms with Crippen LogP contribution in [0.4, 0.5) is 0 Å². The Bertz CT molecular complexity index is 479. The quantitative estimate of drug-likeness (QED) is 0.602. The van der Waals surface area contributed by atoms with Crippen LogP contribution in [-0.2, 0) is 10.0 Å². The lowest BCUT2D eigenvalue weighted by atomic mass is 10.1. The number of nitrogens with one attached hydrogen (secondary N) is 1. The van der Waals surface area contributed by atoms with Crippen LogP contribution in [0.25, 0.3) is 0 Å². The summed E-state index contributed by atoms with van der Waals surface area (Å²) in [5.41, 5.74) is 0. The molecule has 1 N–H and O–H groups in total. The van der Waals surface area contributed by atoms with Gasteiger partial charge in [-0.1, -0.05) is 28.9 Å². The Hall–Kier alpha value is -0.100. The Balaban J connectivity index is 2.51. The molecule has 1 rings (SSSR count). The smallest absolute Gasteiger partial charge is 0.211 e. The molecular weight excluding hydrogens is 338 g/mol. The third-order valence-electron chi connectivity index (χ3n) is 2.54. The number of sulfonamides is 1. The molecule has 102 valence electrons. The molecule has 0 saturated carbocycles. The molecule has 18 heavy (non-hydrogen) atoms. The second-order valence-corrected chi connectivity index (χ2v) is 7.25. The first-order valence-corrected chi connectivity index (χ1v) is 8.58. The number of hydrogen-bond donors (Lipinski definition) is 1. The first-order valence-electron chi connectivity index (χ1n) is 5.77. The van der Waals surface area contributed by atoms with Gasteiger partial charge >= 0.3 is 0 Å². The SMILES string of the molecule is CC(CCl)CCCNS(=O)(=O)c1cccc(Br)c1. The summed E-state index contributed by atoms with van der Waals surface area (Å²) in [5.74, 6) is 1.03. The Morgan fingerprint density at radius 1 is 1.44 bits per heavy atom. The average molecular weight is 355 g/mol. The number of halogens is 2. The van der Waals surface area contributed by atoms with Crippen LogP contribution < -0.4 is 4.72 Å². The summed E-state index contributed by atoms with van der Waals surface area (Å²) < 4.78 is 27.2. The lowest BCUT2D eigenvalue weighted by Gasteiger charge is -2.09. The fourth-order valence-corrected chi connectivity index (χ4v) is 3.28. The van der Waals surface area contributed by atoms with E-state index in [-0.39, 0.29) is 4.90 Å². The summed E-state index contributed by atoms with van der Waals surface area (Å²) in [6.07, 6.45) is 1.71. The van der Waals surface area contributed by atoms with Gasteiger partial charge in [-0.05, 0) is 37.0 Å². The highest BCUT2D eigenvalue weighted by Crippen LogP contribution is 2.16. The Morgan fingerprint density at radius 3 is 2.78 bits per heavy atom. The van der Waals surface area contributed by atoms with Gasteiger partial charge in [0.2, 0.25) is 10.0 Å². The van der Waals surface area contributed by atoms with Crippen molar-refractivity contribution in [3.05, 3.63) is 28.7 Å². The molecule has 0 aliphatic heterocycles. The first-order chi connectivity index (χ1) is 8.45. The summed E-state index contributed by atoms with van der Waals surface area (Å²) in [6, 6.07) is 6.66. The highest BCUT2D eigenvalue weighted by molar-refractivity contribution is 9.10. The van der Waals surface area contributed by atoms with Gasteiger partial charge < -0.3 is 0 Å². The monoisotopic (exact) mass is 353 g/mol. The maximum Gasteiger partial charge on any atom is 0.240 e. The molecule has 0 aliphatic carbocycles. The van der Waals surface area contributed by atoms with Crippen molar-refractivity contribution in [1.29, 1.82) is 0 Å². The van der Waals surface area contributed by atoms with E-state index in [0.29, 0.717) is 18.3 Å². The molecule has 0 amide bonds. The first kappa shape index (κ1) is 16.0. The minimum absolute atomic E-state index is 0.280. The summed E-state index contributed by atoms with van der Waals surface area (Å²) in [5, 5.41) is 0. The van der Waals surface area contributed by atoms with Crippen molar-refractivity contribution in [3.8, 4) is 0 Å². The average Bonchev–Trinajstić information content (AvgIpc) is 2.34. The van der Waals surface area contributed by atoms with Crippen molar-refractivity contribution in [2.24, 2.45) is 5.92 Å². The summed E-state index contributed by atoms with van der Waals surface area (Å²) in [7, 11) is -3.40. The van der Waals surface area contributed by atoms with Crippen LogP contribution >= 0.6 is 27.5 Å². The predicted octanol–water partition coefficient (Wildman–Crippen LogP) is 3.38. The Morgan fingerprint density at radius 2 is 2.17 bits per heavy atom. The van der Waals surface area contributed by atoms with Crippen LogP contribution in [0.15, 0.2) is 33.6 Å². The third-order valence-corrected chi connectivity index (χ3v) is 5.01. The second kappa shape index (κ2) is 7.48. The number of alkyl halides is 1. The molecule has 6 heteroatoms. The summed E-state index contributed by atoms with van der Waals surface area (Å²) >= 11 is 8.95. The highest BCUT2D eigenvalue weighted by Gasteiger charge is 2.13. The van der Waals surface area contributed by atoms with Crippen LogP contribution in [0.1, 0.15) is 19.8 Å². The number of rotatable bonds is 7. The molecule has 0 aromatic heterocycles. The van der Waals surface area contributed by atoms with Crippen molar-refractivity contribution < 1.29 is 8.42 Å². The number of benzene rings is 1. The van der Waals surface area contributed by atoms with E-state index < -0.39 is 10.0 Å². The summed E-state index contributed by atoms with van der Waals surface area (Å²) in [6.45, 7) is 2.49. The van der Waals surface area contributed by atoms with E-state index in [0.717, 1.165) is 17.3 Å².